The number of aliphatic imine (C=N–C) groups is 1. The first kappa shape index (κ1) is 13.3. The van der Waals surface area contributed by atoms with Crippen LogP contribution in [0.3, 0.4) is 0 Å². The van der Waals surface area contributed by atoms with Crippen LogP contribution in [0.1, 0.15) is 37.7 Å². The topological polar surface area (TPSA) is 64.7 Å². The van der Waals surface area contributed by atoms with E-state index in [4.69, 9.17) is 27.1 Å². The molecule has 110 valence electrons. The number of ether oxygens (including phenoxy) is 1. The maximum absolute atomic E-state index is 12.1. The molecule has 2 atom stereocenters. The summed E-state index contributed by atoms with van der Waals surface area (Å²) < 4.78 is 5.63. The first-order valence-corrected chi connectivity index (χ1v) is 7.78. The summed E-state index contributed by atoms with van der Waals surface area (Å²) in [6, 6.07) is 7.61. The van der Waals surface area contributed by atoms with E-state index in [9.17, 15) is 4.79 Å². The van der Waals surface area contributed by atoms with E-state index in [0.717, 1.165) is 43.4 Å². The lowest BCUT2D eigenvalue weighted by Gasteiger charge is -2.42. The molecule has 3 aliphatic rings. The normalized spacial score (nSPS) is 33.1. The molecule has 2 saturated carbocycles. The fraction of sp³-hybridized carbons (Fsp3) is 0.500. The number of esters is 1. The van der Waals surface area contributed by atoms with Gasteiger partial charge in [-0.25, -0.2) is 4.79 Å². The van der Waals surface area contributed by atoms with Gasteiger partial charge in [-0.3, -0.25) is 4.99 Å². The number of hydrogen-bond donors (Lipinski definition) is 1. The van der Waals surface area contributed by atoms with Gasteiger partial charge in [0.15, 0.2) is 5.54 Å². The summed E-state index contributed by atoms with van der Waals surface area (Å²) in [4.78, 5) is 16.8. The Balaban J connectivity index is 1.85. The van der Waals surface area contributed by atoms with Gasteiger partial charge in [0.1, 0.15) is 6.10 Å². The van der Waals surface area contributed by atoms with E-state index in [1.807, 2.05) is 24.3 Å². The SMILES string of the molecule is N[C@@]1(c2ccccc2Cl)CCC[C@H]2OC(=O)C3(CC3)N=C21. The predicted molar refractivity (Wildman–Crippen MR) is 80.4 cm³/mol. The lowest BCUT2D eigenvalue weighted by Crippen LogP contribution is -2.57. The van der Waals surface area contributed by atoms with E-state index < -0.39 is 11.1 Å². The highest BCUT2D eigenvalue weighted by Crippen LogP contribution is 2.48. The second-order valence-corrected chi connectivity index (χ2v) is 6.67. The first-order chi connectivity index (χ1) is 10.1. The number of fused-ring (bicyclic) bond motifs is 1. The third-order valence-electron chi connectivity index (χ3n) is 4.84. The van der Waals surface area contributed by atoms with Gasteiger partial charge in [0.05, 0.1) is 11.3 Å². The minimum absolute atomic E-state index is 0.181. The monoisotopic (exact) mass is 304 g/mol. The van der Waals surface area contributed by atoms with Gasteiger partial charge < -0.3 is 10.5 Å². The second-order valence-electron chi connectivity index (χ2n) is 6.27. The average Bonchev–Trinajstić information content (AvgIpc) is 3.23. The molecule has 0 amide bonds. The molecule has 1 aliphatic heterocycles. The van der Waals surface area contributed by atoms with Crippen molar-refractivity contribution >= 4 is 23.3 Å². The minimum atomic E-state index is -0.725. The van der Waals surface area contributed by atoms with Gasteiger partial charge in [-0.05, 0) is 43.7 Å². The Morgan fingerprint density at radius 2 is 2.05 bits per heavy atom. The highest BCUT2D eigenvalue weighted by molar-refractivity contribution is 6.32. The summed E-state index contributed by atoms with van der Waals surface area (Å²) in [5, 5.41) is 0.644. The molecule has 2 N–H and O–H groups in total. The third kappa shape index (κ3) is 1.86. The van der Waals surface area contributed by atoms with Crippen molar-refractivity contribution in [3.8, 4) is 0 Å². The number of hydrogen-bond acceptors (Lipinski definition) is 4. The van der Waals surface area contributed by atoms with E-state index in [1.165, 1.54) is 0 Å². The molecule has 1 heterocycles. The van der Waals surface area contributed by atoms with Crippen LogP contribution in [-0.2, 0) is 15.1 Å². The van der Waals surface area contributed by atoms with Crippen molar-refractivity contribution in [3.05, 3.63) is 34.9 Å². The summed E-state index contributed by atoms with van der Waals surface area (Å²) in [6.45, 7) is 0. The second kappa shape index (κ2) is 4.31. The summed E-state index contributed by atoms with van der Waals surface area (Å²) in [7, 11) is 0. The first-order valence-electron chi connectivity index (χ1n) is 7.40. The third-order valence-corrected chi connectivity index (χ3v) is 5.17. The molecule has 0 aromatic heterocycles. The van der Waals surface area contributed by atoms with Gasteiger partial charge in [-0.1, -0.05) is 29.8 Å². The van der Waals surface area contributed by atoms with Crippen molar-refractivity contribution in [2.45, 2.75) is 49.3 Å². The van der Waals surface area contributed by atoms with Crippen LogP contribution in [0.4, 0.5) is 0 Å². The van der Waals surface area contributed by atoms with Crippen molar-refractivity contribution in [3.63, 3.8) is 0 Å². The highest BCUT2D eigenvalue weighted by Gasteiger charge is 2.58. The zero-order chi connectivity index (χ0) is 14.7. The lowest BCUT2D eigenvalue weighted by atomic mass is 9.73. The molecule has 0 bridgehead atoms. The van der Waals surface area contributed by atoms with Crippen molar-refractivity contribution in [2.75, 3.05) is 0 Å². The maximum atomic E-state index is 12.1. The Morgan fingerprint density at radius 1 is 1.29 bits per heavy atom. The molecular formula is C16H17ClN2O2. The Hall–Kier alpha value is -1.39. The van der Waals surface area contributed by atoms with Crippen LogP contribution in [0.5, 0.6) is 0 Å². The fourth-order valence-electron chi connectivity index (χ4n) is 3.45. The van der Waals surface area contributed by atoms with Gasteiger partial charge >= 0.3 is 5.97 Å². The minimum Gasteiger partial charge on any atom is -0.454 e. The molecule has 1 aromatic carbocycles. The molecule has 1 spiro atoms. The molecule has 0 unspecified atom stereocenters. The summed E-state index contributed by atoms with van der Waals surface area (Å²) in [5.41, 5.74) is 7.04. The molecule has 4 nitrogen and oxygen atoms in total. The summed E-state index contributed by atoms with van der Waals surface area (Å²) >= 11 is 6.35. The van der Waals surface area contributed by atoms with Crippen LogP contribution in [0.2, 0.25) is 5.02 Å². The van der Waals surface area contributed by atoms with Crippen molar-refractivity contribution in [1.29, 1.82) is 0 Å². The molecule has 2 aliphatic carbocycles. The molecule has 21 heavy (non-hydrogen) atoms. The zero-order valence-electron chi connectivity index (χ0n) is 11.6. The number of rotatable bonds is 1. The molecule has 0 saturated heterocycles. The number of carbonyl (C=O) groups excluding carboxylic acids is 1. The molecule has 4 rings (SSSR count). The molecule has 1 aromatic rings. The van der Waals surface area contributed by atoms with Gasteiger partial charge in [-0.15, -0.1) is 0 Å². The number of nitrogens with zero attached hydrogens (tertiary/aromatic N) is 1. The smallest absolute Gasteiger partial charge is 0.334 e. The van der Waals surface area contributed by atoms with E-state index in [1.54, 1.807) is 0 Å². The van der Waals surface area contributed by atoms with Gasteiger partial charge in [-0.2, -0.15) is 0 Å². The fourth-order valence-corrected chi connectivity index (χ4v) is 3.75. The van der Waals surface area contributed by atoms with Crippen LogP contribution in [-0.4, -0.2) is 23.3 Å². The molecular weight excluding hydrogens is 288 g/mol. The Labute approximate surface area is 128 Å². The number of carbonyl (C=O) groups is 1. The Bertz CT molecular complexity index is 653. The van der Waals surface area contributed by atoms with Gasteiger partial charge in [0, 0.05) is 5.02 Å². The van der Waals surface area contributed by atoms with E-state index in [-0.39, 0.29) is 12.1 Å². The number of nitrogens with two attached hydrogens (primary N) is 1. The number of halogens is 1. The summed E-state index contributed by atoms with van der Waals surface area (Å²) in [6.07, 6.45) is 3.70. The lowest BCUT2D eigenvalue weighted by molar-refractivity contribution is -0.151. The van der Waals surface area contributed by atoms with E-state index in [0.29, 0.717) is 5.02 Å². The maximum Gasteiger partial charge on any atom is 0.334 e. The van der Waals surface area contributed by atoms with Gasteiger partial charge in [0.25, 0.3) is 0 Å². The van der Waals surface area contributed by atoms with Crippen molar-refractivity contribution < 1.29 is 9.53 Å². The van der Waals surface area contributed by atoms with Crippen molar-refractivity contribution in [2.24, 2.45) is 10.7 Å². The van der Waals surface area contributed by atoms with Crippen molar-refractivity contribution in [1.82, 2.24) is 0 Å². The molecule has 5 heteroatoms. The molecule has 0 radical (unpaired) electrons. The Kier molecular flexibility index (Phi) is 2.72. The van der Waals surface area contributed by atoms with Crippen LogP contribution in [0, 0.1) is 0 Å². The summed E-state index contributed by atoms with van der Waals surface area (Å²) in [5.74, 6) is -0.181. The van der Waals surface area contributed by atoms with Crippen LogP contribution in [0.25, 0.3) is 0 Å². The highest BCUT2D eigenvalue weighted by atomic mass is 35.5. The van der Waals surface area contributed by atoms with Gasteiger partial charge in [0.2, 0.25) is 0 Å². The van der Waals surface area contributed by atoms with Crippen LogP contribution in [0.15, 0.2) is 29.3 Å². The quantitative estimate of drug-likeness (QED) is 0.811. The average molecular weight is 305 g/mol. The predicted octanol–water partition coefficient (Wildman–Crippen LogP) is 2.58. The van der Waals surface area contributed by atoms with Crippen LogP contribution >= 0.6 is 11.6 Å². The van der Waals surface area contributed by atoms with Crippen LogP contribution < -0.4 is 5.73 Å². The van der Waals surface area contributed by atoms with E-state index in [2.05, 4.69) is 0 Å². The van der Waals surface area contributed by atoms with E-state index >= 15 is 0 Å². The zero-order valence-corrected chi connectivity index (χ0v) is 12.4. The largest absolute Gasteiger partial charge is 0.454 e. The molecule has 2 fully saturated rings. The Morgan fingerprint density at radius 3 is 2.76 bits per heavy atom. The number of benzene rings is 1. The standard InChI is InChI=1S/C16H17ClN2O2/c17-11-5-2-1-4-10(11)16(18)7-3-6-12-13(16)19-15(8-9-15)14(20)21-12/h1-2,4-5,12H,3,6-9,18H2/t12-,16-/m1/s1.